The number of rotatable bonds is 43. The summed E-state index contributed by atoms with van der Waals surface area (Å²) in [4.78, 5) is 47.8. The van der Waals surface area contributed by atoms with Crippen molar-refractivity contribution in [3.8, 4) is 0 Å². The summed E-state index contributed by atoms with van der Waals surface area (Å²) in [6, 6.07) is 0. The molecule has 0 spiro atoms. The molecule has 0 bridgehead atoms. The Morgan fingerprint density at radius 3 is 1.75 bits per heavy atom. The molecule has 3 atom stereocenters. The normalized spacial score (nSPS) is 15.8. The summed E-state index contributed by atoms with van der Waals surface area (Å²) in [5.41, 5.74) is 0. The van der Waals surface area contributed by atoms with Crippen LogP contribution >= 0.6 is 29.4 Å². The molecule has 1 aliphatic heterocycles. The number of carbonyl (C=O) groups is 3. The van der Waals surface area contributed by atoms with Gasteiger partial charge in [0.1, 0.15) is 6.61 Å². The number of esters is 2. The SMILES string of the molecule is CCCCC/C=C/C/C=C/CCCCCCCC(=O)OCC(COP(=O)(O)OCCNC(=O)CCC1CCSS1)OC(=O)CCCCCCCCCCCCCCCCC. The lowest BCUT2D eigenvalue weighted by Gasteiger charge is -2.20. The number of hydrogen-bond donors (Lipinski definition) is 2. The lowest BCUT2D eigenvalue weighted by Crippen LogP contribution is -2.30. The summed E-state index contributed by atoms with van der Waals surface area (Å²) in [7, 11) is -0.879. The number of unbranched alkanes of at least 4 members (excludes halogenated alkanes) is 22. The molecule has 0 radical (unpaired) electrons. The quantitative estimate of drug-likeness (QED) is 0.0199. The Morgan fingerprint density at radius 1 is 0.667 bits per heavy atom. The molecule has 1 heterocycles. The van der Waals surface area contributed by atoms with Gasteiger partial charge in [-0.25, -0.2) is 4.57 Å². The zero-order chi connectivity index (χ0) is 43.6. The molecule has 13 heteroatoms. The predicted octanol–water partition coefficient (Wildman–Crippen LogP) is 13.7. The van der Waals surface area contributed by atoms with Crippen molar-refractivity contribution in [3.63, 3.8) is 0 Å². The third kappa shape index (κ3) is 38.4. The van der Waals surface area contributed by atoms with Crippen molar-refractivity contribution in [2.45, 2.75) is 224 Å². The third-order valence-electron chi connectivity index (χ3n) is 10.6. The van der Waals surface area contributed by atoms with E-state index in [4.69, 9.17) is 18.5 Å². The monoisotopic (exact) mass is 904 g/mol. The molecule has 350 valence electrons. The molecule has 1 saturated heterocycles. The second kappa shape index (κ2) is 41.7. The molecular weight excluding hydrogens is 818 g/mol. The highest BCUT2D eigenvalue weighted by atomic mass is 33.1. The summed E-state index contributed by atoms with van der Waals surface area (Å²) in [5, 5.41) is 3.19. The standard InChI is InChI=1S/C47H86NO9PS2/c1-3-5-7-9-11-13-15-17-19-21-23-25-27-29-31-33-46(50)54-41-43(42-56-58(52,53)55-39-38-48-45(49)36-35-44-37-40-59-60-44)57-47(51)34-32-30-28-26-24-22-20-18-16-14-12-10-8-6-4-2/h11,13,17,19,43-44H,3-10,12,14-16,18,20-42H2,1-2H3,(H,48,49)(H,52,53)/b13-11+,19-17+. The Morgan fingerprint density at radius 2 is 1.18 bits per heavy atom. The van der Waals surface area contributed by atoms with E-state index in [1.54, 1.807) is 0 Å². The van der Waals surface area contributed by atoms with E-state index < -0.39 is 32.5 Å². The molecule has 2 N–H and O–H groups in total. The second-order valence-electron chi connectivity index (χ2n) is 16.3. The van der Waals surface area contributed by atoms with Crippen molar-refractivity contribution in [2.24, 2.45) is 0 Å². The lowest BCUT2D eigenvalue weighted by atomic mass is 10.0. The van der Waals surface area contributed by atoms with E-state index in [0.29, 0.717) is 24.5 Å². The van der Waals surface area contributed by atoms with E-state index >= 15 is 0 Å². The van der Waals surface area contributed by atoms with Crippen LogP contribution in [-0.4, -0.2) is 66.2 Å². The van der Waals surface area contributed by atoms with Gasteiger partial charge in [-0.1, -0.05) is 182 Å². The van der Waals surface area contributed by atoms with Gasteiger partial charge in [0.2, 0.25) is 5.91 Å². The minimum atomic E-state index is -4.53. The van der Waals surface area contributed by atoms with Crippen LogP contribution in [0.3, 0.4) is 0 Å². The maximum absolute atomic E-state index is 12.8. The zero-order valence-corrected chi connectivity index (χ0v) is 40.4. The topological polar surface area (TPSA) is 137 Å². The van der Waals surface area contributed by atoms with Crippen LogP contribution < -0.4 is 5.32 Å². The Bertz CT molecular complexity index is 1150. The van der Waals surface area contributed by atoms with Gasteiger partial charge < -0.3 is 19.7 Å². The number of phosphoric ester groups is 1. The number of carbonyl (C=O) groups excluding carboxylic acids is 3. The predicted molar refractivity (Wildman–Crippen MR) is 252 cm³/mol. The summed E-state index contributed by atoms with van der Waals surface area (Å²) in [6.07, 6.45) is 41.1. The van der Waals surface area contributed by atoms with Gasteiger partial charge in [-0.2, -0.15) is 0 Å². The maximum Gasteiger partial charge on any atom is 0.472 e. The van der Waals surface area contributed by atoms with E-state index in [0.717, 1.165) is 76.4 Å². The van der Waals surface area contributed by atoms with Crippen LogP contribution in [0.5, 0.6) is 0 Å². The molecule has 3 unspecified atom stereocenters. The number of ether oxygens (including phenoxy) is 2. The van der Waals surface area contributed by atoms with Crippen LogP contribution in [0.15, 0.2) is 24.3 Å². The molecule has 0 aromatic carbocycles. The minimum Gasteiger partial charge on any atom is -0.462 e. The smallest absolute Gasteiger partial charge is 0.462 e. The molecule has 1 rings (SSSR count). The van der Waals surface area contributed by atoms with E-state index in [2.05, 4.69) is 43.5 Å². The van der Waals surface area contributed by atoms with Crippen molar-refractivity contribution < 1.29 is 42.4 Å². The van der Waals surface area contributed by atoms with Gasteiger partial charge in [0.25, 0.3) is 0 Å². The molecule has 10 nitrogen and oxygen atoms in total. The number of amides is 1. The van der Waals surface area contributed by atoms with Gasteiger partial charge in [-0.05, 0) is 57.8 Å². The number of nitrogens with one attached hydrogen (secondary N) is 1. The fourth-order valence-electron chi connectivity index (χ4n) is 6.85. The summed E-state index contributed by atoms with van der Waals surface area (Å²) < 4.78 is 33.8. The van der Waals surface area contributed by atoms with Crippen molar-refractivity contribution >= 4 is 47.3 Å². The Hall–Kier alpha value is -1.30. The molecule has 0 aromatic heterocycles. The van der Waals surface area contributed by atoms with Crippen molar-refractivity contribution in [2.75, 3.05) is 32.1 Å². The van der Waals surface area contributed by atoms with E-state index in [-0.39, 0.29) is 38.5 Å². The van der Waals surface area contributed by atoms with Gasteiger partial charge in [0.15, 0.2) is 6.10 Å². The lowest BCUT2D eigenvalue weighted by molar-refractivity contribution is -0.161. The van der Waals surface area contributed by atoms with Gasteiger partial charge in [0.05, 0.1) is 13.2 Å². The van der Waals surface area contributed by atoms with Crippen LogP contribution in [0, 0.1) is 0 Å². The van der Waals surface area contributed by atoms with E-state index in [1.807, 2.05) is 21.6 Å². The average Bonchev–Trinajstić information content (AvgIpc) is 3.76. The second-order valence-corrected chi connectivity index (χ2v) is 20.5. The first-order valence-electron chi connectivity index (χ1n) is 24.1. The largest absolute Gasteiger partial charge is 0.472 e. The first-order chi connectivity index (χ1) is 29.3. The molecular formula is C47H86NO9PS2. The number of phosphoric acid groups is 1. The molecule has 1 aliphatic rings. The molecule has 60 heavy (non-hydrogen) atoms. The molecule has 0 aliphatic carbocycles. The van der Waals surface area contributed by atoms with Crippen LogP contribution in [0.25, 0.3) is 0 Å². The molecule has 1 amide bonds. The molecule has 0 saturated carbocycles. The van der Waals surface area contributed by atoms with Crippen molar-refractivity contribution in [1.82, 2.24) is 5.32 Å². The van der Waals surface area contributed by atoms with Crippen molar-refractivity contribution in [3.05, 3.63) is 24.3 Å². The van der Waals surface area contributed by atoms with E-state index in [1.165, 1.54) is 96.3 Å². The van der Waals surface area contributed by atoms with Crippen LogP contribution in [0.2, 0.25) is 0 Å². The first kappa shape index (κ1) is 56.7. The van der Waals surface area contributed by atoms with Gasteiger partial charge in [-0.3, -0.25) is 23.4 Å². The summed E-state index contributed by atoms with van der Waals surface area (Å²) in [6.45, 7) is 3.56. The number of hydrogen-bond acceptors (Lipinski definition) is 10. The van der Waals surface area contributed by atoms with Crippen LogP contribution in [-0.2, 0) is 37.5 Å². The fourth-order valence-corrected chi connectivity index (χ4v) is 10.6. The Balaban J connectivity index is 2.35. The van der Waals surface area contributed by atoms with Crippen LogP contribution in [0.4, 0.5) is 0 Å². The van der Waals surface area contributed by atoms with Gasteiger partial charge in [-0.15, -0.1) is 0 Å². The Labute approximate surface area is 374 Å². The number of allylic oxidation sites excluding steroid dienone is 4. The maximum atomic E-state index is 12.8. The van der Waals surface area contributed by atoms with Crippen LogP contribution in [0.1, 0.15) is 213 Å². The molecule has 0 aromatic rings. The molecule has 1 fully saturated rings. The average molecular weight is 904 g/mol. The first-order valence-corrected chi connectivity index (χ1v) is 27.9. The van der Waals surface area contributed by atoms with E-state index in [9.17, 15) is 23.8 Å². The zero-order valence-electron chi connectivity index (χ0n) is 37.9. The fraction of sp³-hybridized carbons (Fsp3) is 0.851. The highest BCUT2D eigenvalue weighted by Crippen LogP contribution is 2.43. The highest BCUT2D eigenvalue weighted by molar-refractivity contribution is 8.77. The highest BCUT2D eigenvalue weighted by Gasteiger charge is 2.26. The van der Waals surface area contributed by atoms with Crippen molar-refractivity contribution in [1.29, 1.82) is 0 Å². The van der Waals surface area contributed by atoms with Gasteiger partial charge in [0, 0.05) is 36.8 Å². The minimum absolute atomic E-state index is 0.0583. The third-order valence-corrected chi connectivity index (χ3v) is 14.6. The summed E-state index contributed by atoms with van der Waals surface area (Å²) >= 11 is 0. The summed E-state index contributed by atoms with van der Waals surface area (Å²) in [5.74, 6) is 0.102. The van der Waals surface area contributed by atoms with Gasteiger partial charge >= 0.3 is 19.8 Å². The Kier molecular flexibility index (Phi) is 39.4.